The fraction of sp³-hybridized carbons (Fsp3) is 0.182. The smallest absolute Gasteiger partial charge is 0.387 e. The van der Waals surface area contributed by atoms with Crippen molar-refractivity contribution in [3.8, 4) is 5.75 Å². The van der Waals surface area contributed by atoms with E-state index < -0.39 is 12.4 Å². The van der Waals surface area contributed by atoms with Crippen LogP contribution in [0.2, 0.25) is 4.34 Å². The van der Waals surface area contributed by atoms with Crippen molar-refractivity contribution in [2.45, 2.75) is 16.7 Å². The van der Waals surface area contributed by atoms with E-state index in [1.807, 2.05) is 0 Å². The highest BCUT2D eigenvalue weighted by Gasteiger charge is 2.14. The molecule has 0 unspecified atom stereocenters. The average Bonchev–Trinajstić information content (AvgIpc) is 2.73. The Kier molecular flexibility index (Phi) is 4.95. The molecule has 0 fully saturated rings. The van der Waals surface area contributed by atoms with Gasteiger partial charge in [-0.15, -0.1) is 0 Å². The van der Waals surface area contributed by atoms with E-state index in [1.165, 1.54) is 47.5 Å². The van der Waals surface area contributed by atoms with Crippen LogP contribution >= 0.6 is 34.7 Å². The molecule has 2 aromatic rings. The van der Waals surface area contributed by atoms with Crippen LogP contribution in [0.25, 0.3) is 0 Å². The summed E-state index contributed by atoms with van der Waals surface area (Å²) >= 11 is 8.16. The Hall–Kier alpha value is -0.920. The number of thioether (sulfide) groups is 1. The summed E-state index contributed by atoms with van der Waals surface area (Å²) in [4.78, 5) is 3.99. The molecule has 2 rings (SSSR count). The van der Waals surface area contributed by atoms with Crippen molar-refractivity contribution in [2.75, 3.05) is 0 Å². The maximum absolute atomic E-state index is 13.6. The SMILES string of the molecule is Fc1cccc(OC(F)F)c1CSc1ncc(Cl)s1. The maximum atomic E-state index is 13.6. The Balaban J connectivity index is 2.14. The lowest BCUT2D eigenvalue weighted by atomic mass is 10.2. The number of alkyl halides is 2. The first-order chi connectivity index (χ1) is 9.06. The van der Waals surface area contributed by atoms with E-state index in [1.54, 1.807) is 0 Å². The predicted octanol–water partition coefficient (Wildman–Crippen LogP) is 4.83. The molecule has 1 aromatic carbocycles. The normalized spacial score (nSPS) is 11.0. The maximum Gasteiger partial charge on any atom is 0.387 e. The van der Waals surface area contributed by atoms with Gasteiger partial charge in [0.25, 0.3) is 0 Å². The highest BCUT2D eigenvalue weighted by molar-refractivity contribution is 8.00. The van der Waals surface area contributed by atoms with Gasteiger partial charge in [0.1, 0.15) is 15.9 Å². The topological polar surface area (TPSA) is 22.1 Å². The number of hydrogen-bond donors (Lipinski definition) is 0. The van der Waals surface area contributed by atoms with E-state index in [4.69, 9.17) is 11.6 Å². The molecular formula is C11H7ClF3NOS2. The summed E-state index contributed by atoms with van der Waals surface area (Å²) in [6.45, 7) is -2.99. The summed E-state index contributed by atoms with van der Waals surface area (Å²) in [6.07, 6.45) is 1.48. The standard InChI is InChI=1S/C11H7ClF3NOS2/c12-9-4-16-11(19-9)18-5-6-7(13)2-1-3-8(6)17-10(14)15/h1-4,10H,5H2. The monoisotopic (exact) mass is 325 g/mol. The summed E-state index contributed by atoms with van der Waals surface area (Å²) in [7, 11) is 0. The van der Waals surface area contributed by atoms with Gasteiger partial charge in [0.2, 0.25) is 0 Å². The van der Waals surface area contributed by atoms with E-state index in [-0.39, 0.29) is 17.1 Å². The lowest BCUT2D eigenvalue weighted by Crippen LogP contribution is -2.05. The van der Waals surface area contributed by atoms with Crippen LogP contribution in [0, 0.1) is 5.82 Å². The van der Waals surface area contributed by atoms with Gasteiger partial charge in [-0.2, -0.15) is 8.78 Å². The number of benzene rings is 1. The van der Waals surface area contributed by atoms with E-state index >= 15 is 0 Å². The van der Waals surface area contributed by atoms with Crippen LogP contribution in [0.5, 0.6) is 5.75 Å². The van der Waals surface area contributed by atoms with Gasteiger partial charge in [0.05, 0.1) is 6.20 Å². The Bertz CT molecular complexity index is 565. The second kappa shape index (κ2) is 6.49. The van der Waals surface area contributed by atoms with Gasteiger partial charge in [0.15, 0.2) is 4.34 Å². The van der Waals surface area contributed by atoms with Crippen molar-refractivity contribution in [3.63, 3.8) is 0 Å². The third kappa shape index (κ3) is 4.02. The highest BCUT2D eigenvalue weighted by atomic mass is 35.5. The molecule has 0 saturated carbocycles. The molecule has 0 aliphatic carbocycles. The van der Waals surface area contributed by atoms with Gasteiger partial charge in [-0.25, -0.2) is 9.37 Å². The Morgan fingerprint density at radius 3 is 2.84 bits per heavy atom. The molecule has 2 nitrogen and oxygen atoms in total. The molecular weight excluding hydrogens is 319 g/mol. The van der Waals surface area contributed by atoms with Crippen molar-refractivity contribution >= 4 is 34.7 Å². The molecule has 0 amide bonds. The first-order valence-corrected chi connectivity index (χ1v) is 7.20. The van der Waals surface area contributed by atoms with Crippen LogP contribution in [0.15, 0.2) is 28.7 Å². The molecule has 0 aliphatic rings. The zero-order chi connectivity index (χ0) is 13.8. The molecule has 1 heterocycles. The lowest BCUT2D eigenvalue weighted by molar-refractivity contribution is -0.0505. The molecule has 0 saturated heterocycles. The Labute approximate surface area is 120 Å². The van der Waals surface area contributed by atoms with Crippen LogP contribution in [0.1, 0.15) is 5.56 Å². The Morgan fingerprint density at radius 1 is 1.42 bits per heavy atom. The van der Waals surface area contributed by atoms with Crippen LogP contribution in [0.4, 0.5) is 13.2 Å². The van der Waals surface area contributed by atoms with Gasteiger partial charge >= 0.3 is 6.61 Å². The molecule has 0 aliphatic heterocycles. The fourth-order valence-electron chi connectivity index (χ4n) is 1.33. The van der Waals surface area contributed by atoms with E-state index in [0.717, 1.165) is 0 Å². The predicted molar refractivity (Wildman–Crippen MR) is 69.7 cm³/mol. The minimum absolute atomic E-state index is 0.0825. The minimum Gasteiger partial charge on any atom is -0.434 e. The third-order valence-electron chi connectivity index (χ3n) is 2.09. The Morgan fingerprint density at radius 2 is 2.21 bits per heavy atom. The molecule has 0 N–H and O–H groups in total. The minimum atomic E-state index is -2.99. The summed E-state index contributed by atoms with van der Waals surface area (Å²) in [6, 6.07) is 3.82. The highest BCUT2D eigenvalue weighted by Crippen LogP contribution is 2.33. The van der Waals surface area contributed by atoms with E-state index in [9.17, 15) is 13.2 Å². The molecule has 0 bridgehead atoms. The first-order valence-electron chi connectivity index (χ1n) is 5.02. The van der Waals surface area contributed by atoms with Crippen LogP contribution < -0.4 is 4.74 Å². The number of halogens is 4. The number of nitrogens with zero attached hydrogens (tertiary/aromatic N) is 1. The van der Waals surface area contributed by atoms with Crippen molar-refractivity contribution in [3.05, 3.63) is 40.1 Å². The van der Waals surface area contributed by atoms with Crippen molar-refractivity contribution in [1.82, 2.24) is 4.98 Å². The number of thiazole rings is 1. The number of ether oxygens (including phenoxy) is 1. The van der Waals surface area contributed by atoms with E-state index in [2.05, 4.69) is 9.72 Å². The summed E-state index contributed by atoms with van der Waals surface area (Å²) in [5, 5.41) is 0. The number of hydrogen-bond acceptors (Lipinski definition) is 4. The van der Waals surface area contributed by atoms with Crippen molar-refractivity contribution < 1.29 is 17.9 Å². The van der Waals surface area contributed by atoms with Gasteiger partial charge in [0, 0.05) is 11.3 Å². The second-order valence-corrected chi connectivity index (χ2v) is 6.20. The molecule has 102 valence electrons. The summed E-state index contributed by atoms with van der Waals surface area (Å²) < 4.78 is 43.5. The van der Waals surface area contributed by atoms with Crippen molar-refractivity contribution in [2.24, 2.45) is 0 Å². The van der Waals surface area contributed by atoms with E-state index in [0.29, 0.717) is 8.68 Å². The molecule has 8 heteroatoms. The second-order valence-electron chi connectivity index (χ2n) is 3.31. The summed E-state index contributed by atoms with van der Waals surface area (Å²) in [5.41, 5.74) is 0.0825. The molecule has 0 spiro atoms. The largest absolute Gasteiger partial charge is 0.434 e. The number of aromatic nitrogens is 1. The van der Waals surface area contributed by atoms with Crippen LogP contribution in [0.3, 0.4) is 0 Å². The van der Waals surface area contributed by atoms with Crippen molar-refractivity contribution in [1.29, 1.82) is 0 Å². The lowest BCUT2D eigenvalue weighted by Gasteiger charge is -2.10. The first kappa shape index (κ1) is 14.5. The number of rotatable bonds is 5. The van der Waals surface area contributed by atoms with Gasteiger partial charge in [-0.3, -0.25) is 0 Å². The zero-order valence-electron chi connectivity index (χ0n) is 9.28. The van der Waals surface area contributed by atoms with Gasteiger partial charge in [-0.1, -0.05) is 40.8 Å². The van der Waals surface area contributed by atoms with Gasteiger partial charge in [-0.05, 0) is 12.1 Å². The third-order valence-corrected chi connectivity index (χ3v) is 4.39. The van der Waals surface area contributed by atoms with Crippen LogP contribution in [-0.4, -0.2) is 11.6 Å². The molecule has 1 aromatic heterocycles. The zero-order valence-corrected chi connectivity index (χ0v) is 11.7. The molecule has 0 radical (unpaired) electrons. The van der Waals surface area contributed by atoms with Crippen LogP contribution in [-0.2, 0) is 5.75 Å². The quantitative estimate of drug-likeness (QED) is 0.735. The fourth-order valence-corrected chi connectivity index (χ4v) is 3.47. The molecule has 0 atom stereocenters. The average molecular weight is 326 g/mol. The van der Waals surface area contributed by atoms with Gasteiger partial charge < -0.3 is 4.74 Å². The summed E-state index contributed by atoms with van der Waals surface area (Å²) in [5.74, 6) is -0.614. The molecule has 19 heavy (non-hydrogen) atoms.